The Balaban J connectivity index is 2.59. The molecule has 2 N–H and O–H groups in total. The normalized spacial score (nSPS) is 17.3. The molecule has 0 aliphatic carbocycles. The Hall–Kier alpha value is -1.60. The lowest BCUT2D eigenvalue weighted by atomic mass is 10.1. The average Bonchev–Trinajstić information content (AvgIpc) is 1.99. The second-order valence-corrected chi connectivity index (χ2v) is 2.81. The third-order valence-corrected chi connectivity index (χ3v) is 1.82. The van der Waals surface area contributed by atoms with Crippen molar-refractivity contribution in [3.8, 4) is 6.07 Å². The summed E-state index contributed by atoms with van der Waals surface area (Å²) in [5, 5.41) is 8.46. The van der Waals surface area contributed by atoms with Crippen molar-refractivity contribution >= 4 is 5.84 Å². The fourth-order valence-corrected chi connectivity index (χ4v) is 0.799. The third kappa shape index (κ3) is 2.17. The Labute approximate surface area is 77.0 Å². The van der Waals surface area contributed by atoms with Gasteiger partial charge >= 0.3 is 0 Å². The summed E-state index contributed by atoms with van der Waals surface area (Å²) in [6.07, 6.45) is 0. The number of nitriles is 1. The molecule has 0 saturated carbocycles. The van der Waals surface area contributed by atoms with Gasteiger partial charge in [-0.1, -0.05) is 13.2 Å². The molecule has 0 aromatic rings. The van der Waals surface area contributed by atoms with Gasteiger partial charge in [0.05, 0.1) is 18.8 Å². The Morgan fingerprint density at radius 3 is 2.54 bits per heavy atom. The Morgan fingerprint density at radius 2 is 2.15 bits per heavy atom. The van der Waals surface area contributed by atoms with Crippen LogP contribution in [0.15, 0.2) is 29.4 Å². The molecule has 4 nitrogen and oxygen atoms in total. The van der Waals surface area contributed by atoms with Crippen LogP contribution in [0.3, 0.4) is 0 Å². The van der Waals surface area contributed by atoms with E-state index in [1.165, 1.54) is 0 Å². The Morgan fingerprint density at radius 1 is 1.54 bits per heavy atom. The van der Waals surface area contributed by atoms with Gasteiger partial charge in [-0.25, -0.2) is 4.99 Å². The first-order valence-electron chi connectivity index (χ1n) is 3.85. The van der Waals surface area contributed by atoms with Crippen molar-refractivity contribution in [1.82, 2.24) is 0 Å². The maximum atomic E-state index is 8.46. The zero-order valence-corrected chi connectivity index (χ0v) is 7.29. The summed E-state index contributed by atoms with van der Waals surface area (Å²) in [4.78, 5) is 3.97. The van der Waals surface area contributed by atoms with Gasteiger partial charge in [-0.2, -0.15) is 5.26 Å². The van der Waals surface area contributed by atoms with E-state index in [-0.39, 0.29) is 17.3 Å². The van der Waals surface area contributed by atoms with Gasteiger partial charge in [-0.3, -0.25) is 0 Å². The number of amidine groups is 1. The van der Waals surface area contributed by atoms with Crippen molar-refractivity contribution < 1.29 is 4.74 Å². The molecule has 1 saturated heterocycles. The molecular weight excluding hydrogens is 166 g/mol. The lowest BCUT2D eigenvalue weighted by Crippen LogP contribution is -2.29. The standard InChI is InChI=1S/C9H11N3O/c1-6(3-10)9(11)12-7(2)8-4-13-5-8/h8H,1-2,4-5H2,(H2,11,12). The van der Waals surface area contributed by atoms with Gasteiger partial charge in [0.25, 0.3) is 0 Å². The largest absolute Gasteiger partial charge is 0.383 e. The van der Waals surface area contributed by atoms with Crippen LogP contribution in [0.2, 0.25) is 0 Å². The summed E-state index contributed by atoms with van der Waals surface area (Å²) in [6.45, 7) is 8.44. The summed E-state index contributed by atoms with van der Waals surface area (Å²) < 4.78 is 4.97. The predicted molar refractivity (Wildman–Crippen MR) is 49.8 cm³/mol. The van der Waals surface area contributed by atoms with E-state index < -0.39 is 0 Å². The first kappa shape index (κ1) is 9.49. The molecule has 0 amide bonds. The minimum absolute atomic E-state index is 0.138. The smallest absolute Gasteiger partial charge is 0.140 e. The molecule has 0 spiro atoms. The van der Waals surface area contributed by atoms with Crippen molar-refractivity contribution in [3.05, 3.63) is 24.4 Å². The summed E-state index contributed by atoms with van der Waals surface area (Å²) in [7, 11) is 0. The molecule has 13 heavy (non-hydrogen) atoms. The van der Waals surface area contributed by atoms with E-state index in [1.54, 1.807) is 0 Å². The summed E-state index contributed by atoms with van der Waals surface area (Å²) in [6, 6.07) is 1.82. The van der Waals surface area contributed by atoms with E-state index in [0.717, 1.165) is 0 Å². The van der Waals surface area contributed by atoms with Gasteiger partial charge in [-0.15, -0.1) is 0 Å². The van der Waals surface area contributed by atoms with E-state index in [4.69, 9.17) is 15.7 Å². The first-order chi connectivity index (χ1) is 6.15. The lowest BCUT2D eigenvalue weighted by molar-refractivity contribution is -0.0135. The molecule has 4 heteroatoms. The average molecular weight is 177 g/mol. The number of aliphatic imine (C=N–C) groups is 1. The highest BCUT2D eigenvalue weighted by molar-refractivity contribution is 6.00. The van der Waals surface area contributed by atoms with Gasteiger partial charge in [0.15, 0.2) is 0 Å². The molecule has 0 aromatic heterocycles. The zero-order chi connectivity index (χ0) is 9.84. The molecule has 1 rings (SSSR count). The van der Waals surface area contributed by atoms with Gasteiger partial charge in [-0.05, 0) is 0 Å². The second kappa shape index (κ2) is 3.87. The molecule has 68 valence electrons. The van der Waals surface area contributed by atoms with Crippen molar-refractivity contribution in [2.45, 2.75) is 0 Å². The van der Waals surface area contributed by atoms with Gasteiger partial charge < -0.3 is 10.5 Å². The highest BCUT2D eigenvalue weighted by atomic mass is 16.5. The fraction of sp³-hybridized carbons (Fsp3) is 0.333. The number of hydrogen-bond acceptors (Lipinski definition) is 3. The van der Waals surface area contributed by atoms with Crippen molar-refractivity contribution in [1.29, 1.82) is 5.26 Å². The minimum atomic E-state index is 0.138. The molecule has 0 aromatic carbocycles. The van der Waals surface area contributed by atoms with Crippen molar-refractivity contribution in [2.75, 3.05) is 13.2 Å². The molecule has 1 heterocycles. The van der Waals surface area contributed by atoms with Crippen LogP contribution in [0, 0.1) is 17.2 Å². The van der Waals surface area contributed by atoms with Crippen LogP contribution >= 0.6 is 0 Å². The first-order valence-corrected chi connectivity index (χ1v) is 3.85. The Bertz CT molecular complexity index is 307. The maximum Gasteiger partial charge on any atom is 0.140 e. The number of ether oxygens (including phenoxy) is 1. The van der Waals surface area contributed by atoms with E-state index >= 15 is 0 Å². The number of hydrogen-bond donors (Lipinski definition) is 1. The fourth-order valence-electron chi connectivity index (χ4n) is 0.799. The highest BCUT2D eigenvalue weighted by Gasteiger charge is 2.21. The topological polar surface area (TPSA) is 71.4 Å². The molecule has 1 aliphatic rings. The van der Waals surface area contributed by atoms with Crippen LogP contribution in [-0.4, -0.2) is 19.0 Å². The number of nitrogens with two attached hydrogens (primary N) is 1. The predicted octanol–water partition coefficient (Wildman–Crippen LogP) is 0.583. The van der Waals surface area contributed by atoms with E-state index in [1.807, 2.05) is 6.07 Å². The minimum Gasteiger partial charge on any atom is -0.383 e. The highest BCUT2D eigenvalue weighted by Crippen LogP contribution is 2.19. The molecule has 1 aliphatic heterocycles. The van der Waals surface area contributed by atoms with Gasteiger partial charge in [0, 0.05) is 11.6 Å². The van der Waals surface area contributed by atoms with Crippen LogP contribution in [0.1, 0.15) is 0 Å². The molecule has 0 unspecified atom stereocenters. The molecule has 0 radical (unpaired) electrons. The second-order valence-electron chi connectivity index (χ2n) is 2.81. The summed E-state index contributed by atoms with van der Waals surface area (Å²) >= 11 is 0. The SMILES string of the molecule is C=C(C#N)C(N)=NC(=C)C1COC1. The molecule has 1 fully saturated rings. The van der Waals surface area contributed by atoms with Crippen LogP contribution in [-0.2, 0) is 4.74 Å². The summed E-state index contributed by atoms with van der Waals surface area (Å²) in [5.74, 6) is 0.379. The Kier molecular flexibility index (Phi) is 2.83. The van der Waals surface area contributed by atoms with E-state index in [9.17, 15) is 0 Å². The quantitative estimate of drug-likeness (QED) is 0.389. The molecular formula is C9H11N3O. The van der Waals surface area contributed by atoms with Crippen LogP contribution in [0.5, 0.6) is 0 Å². The van der Waals surface area contributed by atoms with Crippen LogP contribution in [0.25, 0.3) is 0 Å². The van der Waals surface area contributed by atoms with Crippen molar-refractivity contribution in [2.24, 2.45) is 16.6 Å². The lowest BCUT2D eigenvalue weighted by Gasteiger charge is -2.25. The summed E-state index contributed by atoms with van der Waals surface area (Å²) in [5.41, 5.74) is 6.29. The van der Waals surface area contributed by atoms with E-state index in [2.05, 4.69) is 18.2 Å². The maximum absolute atomic E-state index is 8.46. The van der Waals surface area contributed by atoms with Gasteiger partial charge in [0.1, 0.15) is 11.9 Å². The molecule has 0 atom stereocenters. The third-order valence-electron chi connectivity index (χ3n) is 1.82. The number of nitrogens with zero attached hydrogens (tertiary/aromatic N) is 2. The van der Waals surface area contributed by atoms with Gasteiger partial charge in [0.2, 0.25) is 0 Å². The number of rotatable bonds is 3. The molecule has 0 bridgehead atoms. The van der Waals surface area contributed by atoms with Crippen LogP contribution < -0.4 is 5.73 Å². The van der Waals surface area contributed by atoms with Crippen LogP contribution in [0.4, 0.5) is 0 Å². The van der Waals surface area contributed by atoms with Crippen molar-refractivity contribution in [3.63, 3.8) is 0 Å². The zero-order valence-electron chi connectivity index (χ0n) is 7.29. The van der Waals surface area contributed by atoms with E-state index in [0.29, 0.717) is 18.9 Å². The monoisotopic (exact) mass is 177 g/mol.